The van der Waals surface area contributed by atoms with E-state index in [0.717, 1.165) is 31.4 Å². The highest BCUT2D eigenvalue weighted by Gasteiger charge is 2.41. The van der Waals surface area contributed by atoms with Gasteiger partial charge in [0.15, 0.2) is 0 Å². The fourth-order valence-corrected chi connectivity index (χ4v) is 5.00. The third kappa shape index (κ3) is 6.77. The molecule has 3 atom stereocenters. The Morgan fingerprint density at radius 3 is 2.32 bits per heavy atom. The van der Waals surface area contributed by atoms with Crippen molar-refractivity contribution in [3.05, 3.63) is 66.2 Å². The summed E-state index contributed by atoms with van der Waals surface area (Å²) in [6.07, 6.45) is 3.29. The maximum atomic E-state index is 13.4. The molecular formula is C29H37N5O4. The van der Waals surface area contributed by atoms with Gasteiger partial charge in [0.2, 0.25) is 23.6 Å². The molecule has 0 spiro atoms. The van der Waals surface area contributed by atoms with E-state index in [1.54, 1.807) is 30.9 Å². The van der Waals surface area contributed by atoms with Gasteiger partial charge >= 0.3 is 0 Å². The number of hydrogen-bond acceptors (Lipinski definition) is 5. The van der Waals surface area contributed by atoms with Crippen molar-refractivity contribution < 1.29 is 19.2 Å². The molecule has 2 saturated heterocycles. The third-order valence-corrected chi connectivity index (χ3v) is 7.15. The molecule has 4 N–H and O–H groups in total. The average Bonchev–Trinajstić information content (AvgIpc) is 3.62. The van der Waals surface area contributed by atoms with E-state index in [2.05, 4.69) is 21.3 Å². The second kappa shape index (κ2) is 12.2. The van der Waals surface area contributed by atoms with Gasteiger partial charge in [0.05, 0.1) is 6.04 Å². The number of carbonyl (C=O) groups is 4. The van der Waals surface area contributed by atoms with Crippen molar-refractivity contribution in [3.8, 4) is 0 Å². The number of nitrogens with one attached hydrogen (secondary N) is 4. The number of hydrogen-bond donors (Lipinski definition) is 4. The molecule has 202 valence electrons. The molecule has 4 rings (SSSR count). The van der Waals surface area contributed by atoms with Crippen LogP contribution < -0.4 is 21.3 Å². The van der Waals surface area contributed by atoms with Crippen LogP contribution in [0.2, 0.25) is 0 Å². The van der Waals surface area contributed by atoms with Crippen LogP contribution in [0.3, 0.4) is 0 Å². The summed E-state index contributed by atoms with van der Waals surface area (Å²) in [5, 5.41) is 11.7. The predicted octanol–water partition coefficient (Wildman–Crippen LogP) is 1.99. The highest BCUT2D eigenvalue weighted by atomic mass is 16.2. The molecule has 38 heavy (non-hydrogen) atoms. The van der Waals surface area contributed by atoms with Crippen LogP contribution in [0.4, 0.5) is 5.69 Å². The highest BCUT2D eigenvalue weighted by Crippen LogP contribution is 2.22. The summed E-state index contributed by atoms with van der Waals surface area (Å²) in [6.45, 7) is 4.54. The fraction of sp³-hybridized carbons (Fsp3) is 0.448. The lowest BCUT2D eigenvalue weighted by Crippen LogP contribution is -2.61. The monoisotopic (exact) mass is 519 g/mol. The second-order valence-corrected chi connectivity index (χ2v) is 10.5. The van der Waals surface area contributed by atoms with Crippen LogP contribution in [-0.4, -0.2) is 65.3 Å². The Kier molecular flexibility index (Phi) is 8.78. The fourth-order valence-electron chi connectivity index (χ4n) is 5.00. The van der Waals surface area contributed by atoms with Crippen molar-refractivity contribution in [1.82, 2.24) is 20.9 Å². The summed E-state index contributed by atoms with van der Waals surface area (Å²) < 4.78 is 0. The normalized spacial score (nSPS) is 20.0. The molecule has 0 radical (unpaired) electrons. The summed E-state index contributed by atoms with van der Waals surface area (Å²) in [5.74, 6) is -1.25. The van der Waals surface area contributed by atoms with E-state index in [1.165, 1.54) is 0 Å². The molecule has 2 aromatic carbocycles. The summed E-state index contributed by atoms with van der Waals surface area (Å²) in [7, 11) is 0. The summed E-state index contributed by atoms with van der Waals surface area (Å²) >= 11 is 0. The number of benzene rings is 2. The molecule has 9 nitrogen and oxygen atoms in total. The van der Waals surface area contributed by atoms with Gasteiger partial charge in [-0.05, 0) is 63.8 Å². The average molecular weight is 520 g/mol. The van der Waals surface area contributed by atoms with E-state index in [1.807, 2.05) is 48.5 Å². The van der Waals surface area contributed by atoms with Gasteiger partial charge in [-0.3, -0.25) is 19.2 Å². The quantitative estimate of drug-likeness (QED) is 0.404. The van der Waals surface area contributed by atoms with Crippen LogP contribution >= 0.6 is 0 Å². The number of para-hydroxylation sites is 1. The van der Waals surface area contributed by atoms with Crippen LogP contribution in [-0.2, 0) is 25.6 Å². The van der Waals surface area contributed by atoms with E-state index < -0.39 is 23.5 Å². The molecule has 0 bridgehead atoms. The van der Waals surface area contributed by atoms with Crippen LogP contribution in [0.25, 0.3) is 0 Å². The second-order valence-electron chi connectivity index (χ2n) is 10.5. The molecule has 4 amide bonds. The topological polar surface area (TPSA) is 120 Å². The largest absolute Gasteiger partial charge is 0.342 e. The summed E-state index contributed by atoms with van der Waals surface area (Å²) in [5.41, 5.74) is 0.214. The Balaban J connectivity index is 1.43. The number of anilines is 1. The molecule has 2 fully saturated rings. The van der Waals surface area contributed by atoms with Crippen LogP contribution in [0.5, 0.6) is 0 Å². The molecule has 0 saturated carbocycles. The number of rotatable bonds is 9. The molecule has 2 aromatic rings. The lowest BCUT2D eigenvalue weighted by Gasteiger charge is -2.32. The first kappa shape index (κ1) is 27.3. The molecule has 1 unspecified atom stereocenters. The van der Waals surface area contributed by atoms with Gasteiger partial charge in [-0.15, -0.1) is 0 Å². The van der Waals surface area contributed by atoms with Crippen LogP contribution in [0, 0.1) is 0 Å². The van der Waals surface area contributed by atoms with E-state index in [9.17, 15) is 19.2 Å². The van der Waals surface area contributed by atoms with Crippen molar-refractivity contribution >= 4 is 29.3 Å². The lowest BCUT2D eigenvalue weighted by molar-refractivity contribution is -0.141. The van der Waals surface area contributed by atoms with E-state index in [0.29, 0.717) is 18.7 Å². The first-order valence-electron chi connectivity index (χ1n) is 13.3. The zero-order valence-electron chi connectivity index (χ0n) is 22.0. The minimum atomic E-state index is -1.30. The molecular weight excluding hydrogens is 482 g/mol. The Bertz CT molecular complexity index is 1130. The maximum Gasteiger partial charge on any atom is 0.247 e. The smallest absolute Gasteiger partial charge is 0.247 e. The minimum Gasteiger partial charge on any atom is -0.342 e. The molecule has 9 heteroatoms. The van der Waals surface area contributed by atoms with Gasteiger partial charge in [-0.25, -0.2) is 0 Å². The van der Waals surface area contributed by atoms with Gasteiger partial charge in [-0.2, -0.15) is 0 Å². The zero-order valence-corrected chi connectivity index (χ0v) is 22.0. The third-order valence-electron chi connectivity index (χ3n) is 7.15. The van der Waals surface area contributed by atoms with Crippen LogP contribution in [0.15, 0.2) is 60.7 Å². The Hall–Kier alpha value is -3.72. The first-order valence-corrected chi connectivity index (χ1v) is 13.3. The van der Waals surface area contributed by atoms with Gasteiger partial charge in [0.1, 0.15) is 17.6 Å². The van der Waals surface area contributed by atoms with Crippen molar-refractivity contribution in [2.75, 3.05) is 18.4 Å². The van der Waals surface area contributed by atoms with E-state index >= 15 is 0 Å². The van der Waals surface area contributed by atoms with Gasteiger partial charge in [-0.1, -0.05) is 48.5 Å². The van der Waals surface area contributed by atoms with Gasteiger partial charge in [0.25, 0.3) is 0 Å². The molecule has 0 aromatic heterocycles. The van der Waals surface area contributed by atoms with Crippen molar-refractivity contribution in [2.24, 2.45) is 0 Å². The standard InChI is InChI=1S/C29H37N5O4/c1-29(2,33-26(36)24-16-10-18-34(24)27(37)22-15-9-17-30-22)28(38)32-23(19-20-11-5-3-6-12-20)25(35)31-21-13-7-4-8-14-21/h3-8,11-14,22-24,30H,9-10,15-19H2,1-2H3,(H,31,35)(H,32,38)(H,33,36)/t22-,23-,24?/m0/s1. The number of likely N-dealkylation sites (tertiary alicyclic amines) is 1. The van der Waals surface area contributed by atoms with Crippen molar-refractivity contribution in [3.63, 3.8) is 0 Å². The lowest BCUT2D eigenvalue weighted by atomic mass is 10.00. The van der Waals surface area contributed by atoms with Gasteiger partial charge in [0, 0.05) is 18.7 Å². The first-order chi connectivity index (χ1) is 18.2. The molecule has 2 aliphatic rings. The van der Waals surface area contributed by atoms with Crippen molar-refractivity contribution in [2.45, 2.75) is 69.6 Å². The Morgan fingerprint density at radius 1 is 0.974 bits per heavy atom. The van der Waals surface area contributed by atoms with Crippen LogP contribution in [0.1, 0.15) is 45.1 Å². The van der Waals surface area contributed by atoms with Crippen molar-refractivity contribution in [1.29, 1.82) is 0 Å². The number of amides is 4. The Morgan fingerprint density at radius 2 is 1.66 bits per heavy atom. The number of nitrogens with zero attached hydrogens (tertiary/aromatic N) is 1. The summed E-state index contributed by atoms with van der Waals surface area (Å²) in [4.78, 5) is 54.5. The number of carbonyl (C=O) groups excluding carboxylic acids is 4. The molecule has 0 aliphatic carbocycles. The molecule has 2 aliphatic heterocycles. The predicted molar refractivity (Wildman–Crippen MR) is 145 cm³/mol. The SMILES string of the molecule is CC(C)(NC(=O)C1CCCN1C(=O)[C@@H]1CCCN1)C(=O)N[C@@H](Cc1ccccc1)C(=O)Nc1ccccc1. The molecule has 2 heterocycles. The zero-order chi connectivity index (χ0) is 27.1. The van der Waals surface area contributed by atoms with E-state index in [-0.39, 0.29) is 30.2 Å². The van der Waals surface area contributed by atoms with E-state index in [4.69, 9.17) is 0 Å². The minimum absolute atomic E-state index is 0.0529. The highest BCUT2D eigenvalue weighted by molar-refractivity contribution is 6.00. The summed E-state index contributed by atoms with van der Waals surface area (Å²) in [6, 6.07) is 16.8. The van der Waals surface area contributed by atoms with Gasteiger partial charge < -0.3 is 26.2 Å². The maximum absolute atomic E-state index is 13.4. The Labute approximate surface area is 223 Å².